The predicted octanol–water partition coefficient (Wildman–Crippen LogP) is 8.33. The summed E-state index contributed by atoms with van der Waals surface area (Å²) < 4.78 is 27.1. The summed E-state index contributed by atoms with van der Waals surface area (Å²) in [6.07, 6.45) is 26.9. The van der Waals surface area contributed by atoms with Gasteiger partial charge in [-0.3, -0.25) is 13.8 Å². The molecule has 0 aliphatic rings. The fourth-order valence-electron chi connectivity index (χ4n) is 4.66. The highest BCUT2D eigenvalue weighted by molar-refractivity contribution is 7.47. The lowest BCUT2D eigenvalue weighted by molar-refractivity contribution is -0.870. The van der Waals surface area contributed by atoms with E-state index in [4.69, 9.17) is 13.8 Å². The predicted molar refractivity (Wildman–Crippen MR) is 169 cm³/mol. The zero-order valence-corrected chi connectivity index (χ0v) is 28.2. The molecule has 0 bridgehead atoms. The van der Waals surface area contributed by atoms with E-state index in [9.17, 15) is 19.4 Å². The number of aliphatic hydroxyl groups is 1. The molecule has 0 aromatic rings. The van der Waals surface area contributed by atoms with Gasteiger partial charge in [0, 0.05) is 6.42 Å². The van der Waals surface area contributed by atoms with Crippen molar-refractivity contribution in [2.24, 2.45) is 0 Å². The number of aliphatic hydroxyl groups excluding tert-OH is 1. The van der Waals surface area contributed by atoms with Crippen LogP contribution in [0.5, 0.6) is 0 Å². The molecule has 0 amide bonds. The second kappa shape index (κ2) is 27.1. The van der Waals surface area contributed by atoms with Crippen molar-refractivity contribution in [2.75, 3.05) is 47.5 Å². The lowest BCUT2D eigenvalue weighted by Crippen LogP contribution is -2.37. The summed E-state index contributed by atoms with van der Waals surface area (Å²) in [7, 11) is 1.57. The van der Waals surface area contributed by atoms with E-state index in [1.807, 2.05) is 21.1 Å². The maximum Gasteiger partial charge on any atom is 0.472 e. The number of hydrogen-bond acceptors (Lipinski definition) is 6. The number of esters is 1. The van der Waals surface area contributed by atoms with Crippen molar-refractivity contribution in [3.63, 3.8) is 0 Å². The highest BCUT2D eigenvalue weighted by Gasteiger charge is 2.24. The first-order chi connectivity index (χ1) is 19.6. The van der Waals surface area contributed by atoms with Gasteiger partial charge >= 0.3 is 13.8 Å². The summed E-state index contributed by atoms with van der Waals surface area (Å²) in [6.45, 7) is 2.16. The number of hydrogen-bond donors (Lipinski definition) is 2. The third-order valence-corrected chi connectivity index (χ3v) is 8.35. The number of likely N-dealkylation sites (N-methyl/N-ethyl adjacent to an activating group) is 1. The Bertz CT molecular complexity index is 642. The van der Waals surface area contributed by atoms with Crippen LogP contribution in [0, 0.1) is 0 Å². The Kier molecular flexibility index (Phi) is 26.7. The maximum absolute atomic E-state index is 11.9. The van der Waals surface area contributed by atoms with E-state index in [1.54, 1.807) is 0 Å². The molecule has 1 unspecified atom stereocenters. The third-order valence-electron chi connectivity index (χ3n) is 7.37. The largest absolute Gasteiger partial charge is 0.472 e. The average Bonchev–Trinajstić information content (AvgIpc) is 2.90. The number of quaternary nitrogens is 1. The van der Waals surface area contributed by atoms with E-state index in [1.165, 1.54) is 116 Å². The molecule has 0 aliphatic heterocycles. The molecule has 0 heterocycles. The number of phosphoric acid groups is 1. The molecule has 0 rings (SSSR count). The lowest BCUT2D eigenvalue weighted by Gasteiger charge is -2.24. The van der Waals surface area contributed by atoms with Gasteiger partial charge in [0.2, 0.25) is 0 Å². The number of rotatable bonds is 31. The Hall–Kier alpha value is -0.500. The van der Waals surface area contributed by atoms with Gasteiger partial charge in [0.1, 0.15) is 25.9 Å². The van der Waals surface area contributed by atoms with Crippen LogP contribution >= 0.6 is 7.82 Å². The summed E-state index contributed by atoms with van der Waals surface area (Å²) in [5.41, 5.74) is 0. The van der Waals surface area contributed by atoms with Crippen LogP contribution in [0.3, 0.4) is 0 Å². The van der Waals surface area contributed by atoms with E-state index >= 15 is 0 Å². The summed E-state index contributed by atoms with van der Waals surface area (Å²) in [4.78, 5) is 21.5. The number of unbranched alkanes of at least 4 members (excludes halogenated alkanes) is 20. The fourth-order valence-corrected chi connectivity index (χ4v) is 5.41. The van der Waals surface area contributed by atoms with Crippen LogP contribution in [-0.2, 0) is 23.1 Å². The molecule has 0 saturated heterocycles. The first kappa shape index (κ1) is 40.5. The van der Waals surface area contributed by atoms with Gasteiger partial charge in [0.05, 0.1) is 27.7 Å². The maximum atomic E-state index is 11.9. The van der Waals surface area contributed by atoms with Gasteiger partial charge in [-0.05, 0) is 6.42 Å². The van der Waals surface area contributed by atoms with Crippen molar-refractivity contribution in [3.05, 3.63) is 0 Å². The van der Waals surface area contributed by atoms with Crippen molar-refractivity contribution in [1.82, 2.24) is 0 Å². The number of carbonyl (C=O) groups is 1. The number of phosphoric ester groups is 1. The van der Waals surface area contributed by atoms with Gasteiger partial charge in [-0.15, -0.1) is 0 Å². The highest BCUT2D eigenvalue weighted by atomic mass is 31.2. The van der Waals surface area contributed by atoms with Crippen molar-refractivity contribution in [3.8, 4) is 0 Å². The third kappa shape index (κ3) is 32.3. The van der Waals surface area contributed by atoms with Crippen molar-refractivity contribution in [2.45, 2.75) is 154 Å². The molecule has 2 atom stereocenters. The summed E-state index contributed by atoms with van der Waals surface area (Å²) >= 11 is 0. The Labute approximate surface area is 253 Å². The molecule has 0 saturated carbocycles. The Morgan fingerprint density at radius 1 is 0.659 bits per heavy atom. The topological polar surface area (TPSA) is 102 Å². The Balaban J connectivity index is 3.41. The van der Waals surface area contributed by atoms with Crippen LogP contribution < -0.4 is 0 Å². The Morgan fingerprint density at radius 2 is 1.05 bits per heavy atom. The Morgan fingerprint density at radius 3 is 1.44 bits per heavy atom. The van der Waals surface area contributed by atoms with Crippen LogP contribution in [0.25, 0.3) is 0 Å². The van der Waals surface area contributed by atoms with E-state index < -0.39 is 20.5 Å². The molecule has 0 spiro atoms. The number of carbonyl (C=O) groups excluding carboxylic acids is 1. The van der Waals surface area contributed by atoms with Crippen LogP contribution in [0.1, 0.15) is 148 Å². The van der Waals surface area contributed by atoms with Gasteiger partial charge in [-0.1, -0.05) is 135 Å². The molecule has 0 aromatic carbocycles. The van der Waals surface area contributed by atoms with Gasteiger partial charge in [-0.25, -0.2) is 4.57 Å². The zero-order valence-electron chi connectivity index (χ0n) is 27.3. The quantitative estimate of drug-likeness (QED) is 0.0353. The van der Waals surface area contributed by atoms with E-state index in [-0.39, 0.29) is 19.2 Å². The minimum Gasteiger partial charge on any atom is -0.463 e. The van der Waals surface area contributed by atoms with Gasteiger partial charge < -0.3 is 19.2 Å². The molecule has 8 nitrogen and oxygen atoms in total. The molecule has 246 valence electrons. The number of nitrogens with zero attached hydrogens (tertiary/aromatic N) is 1. The molecule has 41 heavy (non-hydrogen) atoms. The standard InChI is InChI=1S/C32H66NO7P/c1-5-6-7-8-9-10-11-12-13-14-15-16-17-18-19-20-21-22-23-24-25-26-32(35)38-29-31(34)30-40-41(36,37)39-28-27-33(2,3)4/h31,34H,5-30H2,1-4H3/p+1/t31-/m1/s1. The van der Waals surface area contributed by atoms with E-state index in [0.29, 0.717) is 17.4 Å². The summed E-state index contributed by atoms with van der Waals surface area (Å²) in [5, 5.41) is 9.87. The first-order valence-corrected chi connectivity index (χ1v) is 18.3. The lowest BCUT2D eigenvalue weighted by atomic mass is 10.0. The molecule has 2 N–H and O–H groups in total. The molecular weight excluding hydrogens is 541 g/mol. The molecule has 0 aliphatic carbocycles. The molecule has 0 radical (unpaired) electrons. The van der Waals surface area contributed by atoms with Crippen molar-refractivity contribution >= 4 is 13.8 Å². The van der Waals surface area contributed by atoms with E-state index in [0.717, 1.165) is 19.3 Å². The summed E-state index contributed by atoms with van der Waals surface area (Å²) in [6, 6.07) is 0. The smallest absolute Gasteiger partial charge is 0.463 e. The van der Waals surface area contributed by atoms with Crippen molar-refractivity contribution in [1.29, 1.82) is 0 Å². The fraction of sp³-hybridized carbons (Fsp3) is 0.969. The van der Waals surface area contributed by atoms with Crippen LogP contribution in [0.15, 0.2) is 0 Å². The SMILES string of the molecule is CCCCCCCCCCCCCCCCCCCCCCCC(=O)OC[C@@H](O)COP(=O)(O)OCC[N+](C)(C)C. The molecule has 0 fully saturated rings. The summed E-state index contributed by atoms with van der Waals surface area (Å²) in [5.74, 6) is -0.367. The van der Waals surface area contributed by atoms with Crippen LogP contribution in [-0.4, -0.2) is 74.1 Å². The molecule has 0 aromatic heterocycles. The van der Waals surface area contributed by atoms with Crippen LogP contribution in [0.4, 0.5) is 0 Å². The normalized spacial score (nSPS) is 14.2. The van der Waals surface area contributed by atoms with Gasteiger partial charge in [0.15, 0.2) is 0 Å². The van der Waals surface area contributed by atoms with Crippen molar-refractivity contribution < 1.29 is 37.6 Å². The molecule has 9 heteroatoms. The highest BCUT2D eigenvalue weighted by Crippen LogP contribution is 2.43. The van der Waals surface area contributed by atoms with Crippen LogP contribution in [0.2, 0.25) is 0 Å². The zero-order chi connectivity index (χ0) is 30.7. The average molecular weight is 609 g/mol. The second-order valence-corrected chi connectivity index (χ2v) is 14.2. The monoisotopic (exact) mass is 608 g/mol. The molecular formula is C32H67NO7P+. The minimum absolute atomic E-state index is 0.0574. The second-order valence-electron chi connectivity index (χ2n) is 12.8. The minimum atomic E-state index is -4.24. The van der Waals surface area contributed by atoms with E-state index in [2.05, 4.69) is 6.92 Å². The van der Waals surface area contributed by atoms with Gasteiger partial charge in [-0.2, -0.15) is 0 Å². The first-order valence-electron chi connectivity index (χ1n) is 16.8. The van der Waals surface area contributed by atoms with Gasteiger partial charge in [0.25, 0.3) is 0 Å². The number of ether oxygens (including phenoxy) is 1.